The quantitative estimate of drug-likeness (QED) is 0.757. The van der Waals surface area contributed by atoms with Crippen molar-refractivity contribution >= 4 is 11.8 Å². The van der Waals surface area contributed by atoms with E-state index in [0.29, 0.717) is 26.1 Å². The van der Waals surface area contributed by atoms with Crippen LogP contribution in [0, 0.1) is 0 Å². The number of nitrogens with two attached hydrogens (primary N) is 1. The molecule has 0 aromatic carbocycles. The van der Waals surface area contributed by atoms with Crippen LogP contribution in [0.1, 0.15) is 34.1 Å². The Kier molecular flexibility index (Phi) is 4.95. The van der Waals surface area contributed by atoms with Crippen molar-refractivity contribution in [3.63, 3.8) is 0 Å². The van der Waals surface area contributed by atoms with Crippen LogP contribution in [0.25, 0.3) is 0 Å². The Labute approximate surface area is 108 Å². The minimum Gasteiger partial charge on any atom is -0.444 e. The molecule has 1 amide bonds. The number of piperidine rings is 1. The molecule has 104 valence electrons. The molecular formula is C12H23N3O3. The van der Waals surface area contributed by atoms with Gasteiger partial charge in [0.1, 0.15) is 12.2 Å². The zero-order valence-electron chi connectivity index (χ0n) is 11.6. The number of likely N-dealkylation sites (tertiary alicyclic amines) is 1. The van der Waals surface area contributed by atoms with Gasteiger partial charge in [-0.25, -0.2) is 4.79 Å². The average molecular weight is 257 g/mol. The van der Waals surface area contributed by atoms with Crippen molar-refractivity contribution in [1.29, 1.82) is 0 Å². The molecule has 0 radical (unpaired) electrons. The number of hydrogen-bond acceptors (Lipinski definition) is 5. The summed E-state index contributed by atoms with van der Waals surface area (Å²) in [5.41, 5.74) is 6.27. The van der Waals surface area contributed by atoms with Gasteiger partial charge in [-0.1, -0.05) is 5.16 Å². The molecule has 1 rings (SSSR count). The molecule has 1 aliphatic heterocycles. The number of hydrogen-bond donors (Lipinski definition) is 1. The van der Waals surface area contributed by atoms with E-state index in [1.807, 2.05) is 27.7 Å². The van der Waals surface area contributed by atoms with Crippen LogP contribution in [0.3, 0.4) is 0 Å². The van der Waals surface area contributed by atoms with E-state index in [2.05, 4.69) is 5.16 Å². The zero-order valence-corrected chi connectivity index (χ0v) is 11.6. The van der Waals surface area contributed by atoms with E-state index in [4.69, 9.17) is 15.3 Å². The molecule has 0 spiro atoms. The fourth-order valence-electron chi connectivity index (χ4n) is 1.62. The monoisotopic (exact) mass is 257 g/mol. The Morgan fingerprint density at radius 1 is 1.56 bits per heavy atom. The molecule has 6 nitrogen and oxygen atoms in total. The van der Waals surface area contributed by atoms with E-state index in [0.717, 1.165) is 5.71 Å². The average Bonchev–Trinajstić information content (AvgIpc) is 2.25. The summed E-state index contributed by atoms with van der Waals surface area (Å²) >= 11 is 0. The summed E-state index contributed by atoms with van der Waals surface area (Å²) in [7, 11) is 0. The summed E-state index contributed by atoms with van der Waals surface area (Å²) in [5, 5.41) is 3.96. The predicted octanol–water partition coefficient (Wildman–Crippen LogP) is 1.35. The largest absolute Gasteiger partial charge is 0.444 e. The first-order valence-electron chi connectivity index (χ1n) is 6.25. The molecule has 1 unspecified atom stereocenters. The van der Waals surface area contributed by atoms with E-state index in [-0.39, 0.29) is 12.1 Å². The van der Waals surface area contributed by atoms with Crippen molar-refractivity contribution in [3.05, 3.63) is 0 Å². The standard InChI is InChI=1S/C12H23N3O3/c1-5-17-14-10-6-7-15(8-9(10)13)11(16)18-12(2,3)4/h9H,5-8,13H2,1-4H3. The molecular weight excluding hydrogens is 234 g/mol. The molecule has 1 aliphatic rings. The summed E-state index contributed by atoms with van der Waals surface area (Å²) in [6.45, 7) is 8.90. The maximum atomic E-state index is 11.9. The van der Waals surface area contributed by atoms with Crippen LogP contribution in [0.5, 0.6) is 0 Å². The van der Waals surface area contributed by atoms with Crippen molar-refractivity contribution < 1.29 is 14.4 Å². The second-order valence-electron chi connectivity index (χ2n) is 5.28. The summed E-state index contributed by atoms with van der Waals surface area (Å²) in [6, 6.07) is -0.280. The molecule has 6 heteroatoms. The minimum atomic E-state index is -0.485. The second-order valence-corrected chi connectivity index (χ2v) is 5.28. The predicted molar refractivity (Wildman–Crippen MR) is 69.5 cm³/mol. The van der Waals surface area contributed by atoms with E-state index in [9.17, 15) is 4.79 Å². The van der Waals surface area contributed by atoms with Gasteiger partial charge >= 0.3 is 6.09 Å². The van der Waals surface area contributed by atoms with Crippen LogP contribution >= 0.6 is 0 Å². The van der Waals surface area contributed by atoms with Crippen molar-refractivity contribution in [3.8, 4) is 0 Å². The van der Waals surface area contributed by atoms with Crippen LogP contribution in [0.2, 0.25) is 0 Å². The van der Waals surface area contributed by atoms with Crippen LogP contribution in [0.15, 0.2) is 5.16 Å². The lowest BCUT2D eigenvalue weighted by Crippen LogP contribution is -2.52. The molecule has 2 N–H and O–H groups in total. The third kappa shape index (κ3) is 4.52. The molecule has 0 bridgehead atoms. The van der Waals surface area contributed by atoms with Gasteiger partial charge < -0.3 is 20.2 Å². The highest BCUT2D eigenvalue weighted by molar-refractivity contribution is 5.91. The lowest BCUT2D eigenvalue weighted by molar-refractivity contribution is 0.0238. The Balaban J connectivity index is 2.53. The Morgan fingerprint density at radius 3 is 2.72 bits per heavy atom. The van der Waals surface area contributed by atoms with Gasteiger partial charge in [0.05, 0.1) is 11.8 Å². The van der Waals surface area contributed by atoms with E-state index >= 15 is 0 Å². The maximum Gasteiger partial charge on any atom is 0.410 e. The number of oxime groups is 1. The van der Waals surface area contributed by atoms with E-state index < -0.39 is 5.60 Å². The number of rotatable bonds is 2. The first-order valence-corrected chi connectivity index (χ1v) is 6.25. The van der Waals surface area contributed by atoms with Gasteiger partial charge in [-0.2, -0.15) is 0 Å². The number of ether oxygens (including phenoxy) is 1. The molecule has 1 heterocycles. The van der Waals surface area contributed by atoms with Gasteiger partial charge in [0.15, 0.2) is 0 Å². The Bertz CT molecular complexity index is 323. The van der Waals surface area contributed by atoms with Crippen molar-refractivity contribution in [2.45, 2.75) is 45.8 Å². The van der Waals surface area contributed by atoms with Crippen molar-refractivity contribution in [2.24, 2.45) is 10.9 Å². The van der Waals surface area contributed by atoms with Gasteiger partial charge in [-0.15, -0.1) is 0 Å². The minimum absolute atomic E-state index is 0.280. The fourth-order valence-corrected chi connectivity index (χ4v) is 1.62. The number of carbonyl (C=O) groups is 1. The lowest BCUT2D eigenvalue weighted by Gasteiger charge is -2.33. The third-order valence-corrected chi connectivity index (χ3v) is 2.45. The zero-order chi connectivity index (χ0) is 13.8. The van der Waals surface area contributed by atoms with Crippen LogP contribution in [-0.4, -0.2) is 48.0 Å². The molecule has 0 aromatic rings. The highest BCUT2D eigenvalue weighted by atomic mass is 16.6. The summed E-state index contributed by atoms with van der Waals surface area (Å²) in [4.78, 5) is 18.5. The Morgan fingerprint density at radius 2 is 2.22 bits per heavy atom. The highest BCUT2D eigenvalue weighted by Gasteiger charge is 2.29. The van der Waals surface area contributed by atoms with Gasteiger partial charge in [0, 0.05) is 19.5 Å². The van der Waals surface area contributed by atoms with Crippen LogP contribution in [0.4, 0.5) is 4.79 Å². The number of carbonyl (C=O) groups excluding carboxylic acids is 1. The molecule has 0 saturated carbocycles. The summed E-state index contributed by atoms with van der Waals surface area (Å²) < 4.78 is 5.30. The lowest BCUT2D eigenvalue weighted by atomic mass is 10.0. The molecule has 18 heavy (non-hydrogen) atoms. The van der Waals surface area contributed by atoms with Crippen molar-refractivity contribution in [1.82, 2.24) is 4.90 Å². The second kappa shape index (κ2) is 6.04. The molecule has 1 saturated heterocycles. The maximum absolute atomic E-state index is 11.9. The van der Waals surface area contributed by atoms with E-state index in [1.165, 1.54) is 0 Å². The van der Waals surface area contributed by atoms with Gasteiger partial charge in [0.2, 0.25) is 0 Å². The smallest absolute Gasteiger partial charge is 0.410 e. The SMILES string of the molecule is CCON=C1CCN(C(=O)OC(C)(C)C)CC1N. The third-order valence-electron chi connectivity index (χ3n) is 2.45. The molecule has 1 atom stereocenters. The summed E-state index contributed by atoms with van der Waals surface area (Å²) in [5.74, 6) is 0. The highest BCUT2D eigenvalue weighted by Crippen LogP contribution is 2.13. The van der Waals surface area contributed by atoms with Gasteiger partial charge in [0.25, 0.3) is 0 Å². The topological polar surface area (TPSA) is 77.1 Å². The van der Waals surface area contributed by atoms with Crippen LogP contribution < -0.4 is 5.73 Å². The van der Waals surface area contributed by atoms with Crippen molar-refractivity contribution in [2.75, 3.05) is 19.7 Å². The normalized spacial score (nSPS) is 23.1. The summed E-state index contributed by atoms with van der Waals surface area (Å²) in [6.07, 6.45) is 0.300. The first kappa shape index (κ1) is 14.8. The molecule has 1 fully saturated rings. The molecule has 0 aliphatic carbocycles. The first-order chi connectivity index (χ1) is 8.33. The fraction of sp³-hybridized carbons (Fsp3) is 0.833. The van der Waals surface area contributed by atoms with Gasteiger partial charge in [-0.3, -0.25) is 0 Å². The number of amides is 1. The number of nitrogens with zero attached hydrogens (tertiary/aromatic N) is 2. The van der Waals surface area contributed by atoms with Crippen LogP contribution in [-0.2, 0) is 9.57 Å². The van der Waals surface area contributed by atoms with E-state index in [1.54, 1.807) is 4.90 Å². The Hall–Kier alpha value is -1.30. The van der Waals surface area contributed by atoms with Gasteiger partial charge in [-0.05, 0) is 27.7 Å². The molecule has 0 aromatic heterocycles.